The van der Waals surface area contributed by atoms with E-state index in [2.05, 4.69) is 29.0 Å². The minimum Gasteiger partial charge on any atom is -0.312 e. The molecule has 0 spiro atoms. The van der Waals surface area contributed by atoms with E-state index in [9.17, 15) is 0 Å². The first-order valence-electron chi connectivity index (χ1n) is 5.87. The van der Waals surface area contributed by atoms with E-state index in [1.54, 1.807) is 0 Å². The minimum atomic E-state index is 0.794. The van der Waals surface area contributed by atoms with Gasteiger partial charge in [0.05, 0.1) is 0 Å². The molecule has 0 radical (unpaired) electrons. The molecule has 2 aliphatic heterocycles. The number of nitrogens with zero attached hydrogens (tertiary/aromatic N) is 1. The highest BCUT2D eigenvalue weighted by atomic mass is 32.2. The van der Waals surface area contributed by atoms with Crippen LogP contribution in [0.1, 0.15) is 25.7 Å². The summed E-state index contributed by atoms with van der Waals surface area (Å²) < 4.78 is 0. The van der Waals surface area contributed by atoms with Crippen LogP contribution < -0.4 is 5.32 Å². The van der Waals surface area contributed by atoms with Crippen LogP contribution in [0.15, 0.2) is 0 Å². The van der Waals surface area contributed by atoms with Gasteiger partial charge in [-0.3, -0.25) is 0 Å². The van der Waals surface area contributed by atoms with Gasteiger partial charge in [0, 0.05) is 24.4 Å². The predicted molar refractivity (Wildman–Crippen MR) is 64.0 cm³/mol. The number of thioether (sulfide) groups is 1. The van der Waals surface area contributed by atoms with Crippen LogP contribution in [0.2, 0.25) is 0 Å². The van der Waals surface area contributed by atoms with Crippen molar-refractivity contribution in [1.29, 1.82) is 0 Å². The van der Waals surface area contributed by atoms with E-state index < -0.39 is 0 Å². The molecular weight excluding hydrogens is 192 g/mol. The van der Waals surface area contributed by atoms with E-state index in [1.807, 2.05) is 0 Å². The van der Waals surface area contributed by atoms with Gasteiger partial charge in [0.1, 0.15) is 0 Å². The Balaban J connectivity index is 1.65. The van der Waals surface area contributed by atoms with Crippen molar-refractivity contribution < 1.29 is 0 Å². The molecule has 2 nitrogen and oxygen atoms in total. The van der Waals surface area contributed by atoms with Crippen LogP contribution in [-0.2, 0) is 0 Å². The molecule has 0 aromatic heterocycles. The first kappa shape index (κ1) is 10.8. The van der Waals surface area contributed by atoms with Crippen LogP contribution in [0.5, 0.6) is 0 Å². The van der Waals surface area contributed by atoms with Gasteiger partial charge >= 0.3 is 0 Å². The summed E-state index contributed by atoms with van der Waals surface area (Å²) in [5.74, 6) is 2.71. The van der Waals surface area contributed by atoms with Crippen LogP contribution in [0, 0.1) is 0 Å². The summed E-state index contributed by atoms with van der Waals surface area (Å²) in [4.78, 5) is 2.50. The Labute approximate surface area is 91.8 Å². The largest absolute Gasteiger partial charge is 0.312 e. The first-order valence-corrected chi connectivity index (χ1v) is 7.03. The molecule has 1 N–H and O–H groups in total. The van der Waals surface area contributed by atoms with Gasteiger partial charge in [0.25, 0.3) is 0 Å². The van der Waals surface area contributed by atoms with Crippen molar-refractivity contribution in [3.05, 3.63) is 0 Å². The molecule has 14 heavy (non-hydrogen) atoms. The van der Waals surface area contributed by atoms with E-state index in [1.165, 1.54) is 50.3 Å². The van der Waals surface area contributed by atoms with E-state index in [-0.39, 0.29) is 0 Å². The molecule has 0 bridgehead atoms. The number of likely N-dealkylation sites (N-methyl/N-ethyl adjacent to an activating group) is 1. The topological polar surface area (TPSA) is 15.3 Å². The van der Waals surface area contributed by atoms with Crippen molar-refractivity contribution in [3.63, 3.8) is 0 Å². The highest BCUT2D eigenvalue weighted by molar-refractivity contribution is 7.99. The third-order valence-electron chi connectivity index (χ3n) is 3.47. The van der Waals surface area contributed by atoms with Gasteiger partial charge in [-0.05, 0) is 45.0 Å². The standard InChI is InChI=1S/C11H22N2S/c1-13-6-2-5-11(13)8-12-10-4-3-7-14-9-10/h10-12H,2-9H2,1H3. The summed E-state index contributed by atoms with van der Waals surface area (Å²) in [7, 11) is 2.26. The third-order valence-corrected chi connectivity index (χ3v) is 4.69. The lowest BCUT2D eigenvalue weighted by Gasteiger charge is -2.26. The van der Waals surface area contributed by atoms with Crippen molar-refractivity contribution in [2.24, 2.45) is 0 Å². The molecular formula is C11H22N2S. The van der Waals surface area contributed by atoms with Gasteiger partial charge in [-0.15, -0.1) is 0 Å². The number of rotatable bonds is 3. The van der Waals surface area contributed by atoms with Crippen molar-refractivity contribution in [2.75, 3.05) is 31.6 Å². The lowest BCUT2D eigenvalue weighted by atomic mass is 10.1. The summed E-state index contributed by atoms with van der Waals surface area (Å²) in [5.41, 5.74) is 0. The van der Waals surface area contributed by atoms with Crippen molar-refractivity contribution in [2.45, 2.75) is 37.8 Å². The average molecular weight is 214 g/mol. The van der Waals surface area contributed by atoms with Crippen LogP contribution in [0.25, 0.3) is 0 Å². The maximum absolute atomic E-state index is 3.73. The highest BCUT2D eigenvalue weighted by Crippen LogP contribution is 2.18. The Bertz CT molecular complexity index is 169. The number of hydrogen-bond donors (Lipinski definition) is 1. The number of nitrogens with one attached hydrogen (secondary N) is 1. The smallest absolute Gasteiger partial charge is 0.0218 e. The molecule has 2 fully saturated rings. The molecule has 0 aromatic rings. The van der Waals surface area contributed by atoms with E-state index in [4.69, 9.17) is 0 Å². The molecule has 2 aliphatic rings. The minimum absolute atomic E-state index is 0.794. The van der Waals surface area contributed by atoms with Crippen molar-refractivity contribution in [1.82, 2.24) is 10.2 Å². The van der Waals surface area contributed by atoms with Gasteiger partial charge in [-0.25, -0.2) is 0 Å². The molecule has 2 heterocycles. The monoisotopic (exact) mass is 214 g/mol. The molecule has 0 saturated carbocycles. The van der Waals surface area contributed by atoms with E-state index >= 15 is 0 Å². The summed E-state index contributed by atoms with van der Waals surface area (Å²) in [6.07, 6.45) is 5.58. The van der Waals surface area contributed by atoms with E-state index in [0.29, 0.717) is 0 Å². The molecule has 0 aromatic carbocycles. The lowest BCUT2D eigenvalue weighted by Crippen LogP contribution is -2.42. The van der Waals surface area contributed by atoms with Gasteiger partial charge < -0.3 is 10.2 Å². The maximum atomic E-state index is 3.73. The van der Waals surface area contributed by atoms with Gasteiger partial charge in [-0.1, -0.05) is 0 Å². The Hall–Kier alpha value is 0.270. The second-order valence-electron chi connectivity index (χ2n) is 4.60. The predicted octanol–water partition coefficient (Wildman–Crippen LogP) is 1.57. The van der Waals surface area contributed by atoms with Gasteiger partial charge in [0.15, 0.2) is 0 Å². The van der Waals surface area contributed by atoms with Crippen molar-refractivity contribution >= 4 is 11.8 Å². The fourth-order valence-corrected chi connectivity index (χ4v) is 3.55. The van der Waals surface area contributed by atoms with Crippen molar-refractivity contribution in [3.8, 4) is 0 Å². The molecule has 2 atom stereocenters. The normalized spacial score (nSPS) is 34.9. The van der Waals surface area contributed by atoms with Crippen LogP contribution in [-0.4, -0.2) is 48.6 Å². The Kier molecular flexibility index (Phi) is 4.14. The molecule has 2 unspecified atom stereocenters. The quantitative estimate of drug-likeness (QED) is 0.768. The summed E-state index contributed by atoms with van der Waals surface area (Å²) in [6, 6.07) is 1.60. The lowest BCUT2D eigenvalue weighted by molar-refractivity contribution is 0.291. The Morgan fingerprint density at radius 2 is 2.29 bits per heavy atom. The van der Waals surface area contributed by atoms with E-state index in [0.717, 1.165) is 12.1 Å². The fraction of sp³-hybridized carbons (Fsp3) is 1.00. The molecule has 82 valence electrons. The van der Waals surface area contributed by atoms with Crippen LogP contribution >= 0.6 is 11.8 Å². The Morgan fingerprint density at radius 1 is 1.36 bits per heavy atom. The molecule has 3 heteroatoms. The maximum Gasteiger partial charge on any atom is 0.0218 e. The number of hydrogen-bond acceptors (Lipinski definition) is 3. The summed E-state index contributed by atoms with van der Waals surface area (Å²) in [6.45, 7) is 2.51. The van der Waals surface area contributed by atoms with Crippen LogP contribution in [0.3, 0.4) is 0 Å². The van der Waals surface area contributed by atoms with Gasteiger partial charge in [-0.2, -0.15) is 11.8 Å². The number of likely N-dealkylation sites (tertiary alicyclic amines) is 1. The molecule has 2 saturated heterocycles. The average Bonchev–Trinajstić information content (AvgIpc) is 2.63. The SMILES string of the molecule is CN1CCCC1CNC1CCCSC1. The van der Waals surface area contributed by atoms with Crippen LogP contribution in [0.4, 0.5) is 0 Å². The second-order valence-corrected chi connectivity index (χ2v) is 5.75. The zero-order valence-electron chi connectivity index (χ0n) is 9.17. The summed E-state index contributed by atoms with van der Waals surface area (Å²) >= 11 is 2.11. The highest BCUT2D eigenvalue weighted by Gasteiger charge is 2.22. The second kappa shape index (κ2) is 5.38. The first-order chi connectivity index (χ1) is 6.86. The molecule has 0 aliphatic carbocycles. The Morgan fingerprint density at radius 3 is 2.93 bits per heavy atom. The third kappa shape index (κ3) is 2.88. The zero-order valence-corrected chi connectivity index (χ0v) is 9.98. The fourth-order valence-electron chi connectivity index (χ4n) is 2.44. The van der Waals surface area contributed by atoms with Gasteiger partial charge in [0.2, 0.25) is 0 Å². The zero-order chi connectivity index (χ0) is 9.80. The summed E-state index contributed by atoms with van der Waals surface area (Å²) in [5, 5.41) is 3.73. The molecule has 2 rings (SSSR count). The molecule has 0 amide bonds.